The Morgan fingerprint density at radius 1 is 1.30 bits per heavy atom. The lowest BCUT2D eigenvalue weighted by Crippen LogP contribution is -2.14. The van der Waals surface area contributed by atoms with Gasteiger partial charge >= 0.3 is 5.97 Å². The van der Waals surface area contributed by atoms with Crippen LogP contribution < -0.4 is 4.74 Å². The van der Waals surface area contributed by atoms with E-state index in [2.05, 4.69) is 32.9 Å². The molecule has 110 valence electrons. The topological polar surface area (TPSA) is 63.5 Å². The van der Waals surface area contributed by atoms with Gasteiger partial charge in [-0.2, -0.15) is 0 Å². The van der Waals surface area contributed by atoms with E-state index in [1.165, 1.54) is 14.2 Å². The summed E-state index contributed by atoms with van der Waals surface area (Å²) in [6.45, 7) is 5.56. The Morgan fingerprint density at radius 2 is 1.95 bits per heavy atom. The van der Waals surface area contributed by atoms with Crippen LogP contribution in [0.3, 0.4) is 0 Å². The molecular weight excluding hydrogens is 373 g/mol. The van der Waals surface area contributed by atoms with Gasteiger partial charge in [0.1, 0.15) is 11.4 Å². The average Bonchev–Trinajstić information content (AvgIpc) is 2.47. The van der Waals surface area contributed by atoms with E-state index in [0.717, 1.165) is 16.7 Å². The SMILES string of the molecule is CCN(CC)/N=N/c1c(I)cc(C(=O)OC)cc1OC. The van der Waals surface area contributed by atoms with E-state index in [4.69, 9.17) is 9.47 Å². The van der Waals surface area contributed by atoms with Gasteiger partial charge in [-0.25, -0.2) is 4.79 Å². The summed E-state index contributed by atoms with van der Waals surface area (Å²) < 4.78 is 10.8. The Kier molecular flexibility index (Phi) is 6.69. The molecule has 0 spiro atoms. The van der Waals surface area contributed by atoms with E-state index in [1.54, 1.807) is 12.1 Å². The molecule has 0 bridgehead atoms. The van der Waals surface area contributed by atoms with Crippen LogP contribution in [-0.2, 0) is 4.74 Å². The Morgan fingerprint density at radius 3 is 2.45 bits per heavy atom. The van der Waals surface area contributed by atoms with E-state index >= 15 is 0 Å². The van der Waals surface area contributed by atoms with Crippen LogP contribution in [0, 0.1) is 3.57 Å². The zero-order chi connectivity index (χ0) is 15.1. The van der Waals surface area contributed by atoms with E-state index in [9.17, 15) is 4.79 Å². The van der Waals surface area contributed by atoms with Crippen molar-refractivity contribution in [3.8, 4) is 5.75 Å². The Balaban J connectivity index is 3.17. The van der Waals surface area contributed by atoms with Crippen LogP contribution in [0.2, 0.25) is 0 Å². The third-order valence-electron chi connectivity index (χ3n) is 2.67. The molecule has 1 aromatic rings. The number of hydrogen-bond acceptors (Lipinski definition) is 5. The lowest BCUT2D eigenvalue weighted by Gasteiger charge is -2.13. The second-order valence-electron chi connectivity index (χ2n) is 3.83. The second-order valence-corrected chi connectivity index (χ2v) is 4.99. The van der Waals surface area contributed by atoms with Gasteiger partial charge in [-0.15, -0.1) is 5.11 Å². The molecule has 0 aliphatic rings. The minimum absolute atomic E-state index is 0.409. The Labute approximate surface area is 132 Å². The number of benzene rings is 1. The Bertz CT molecular complexity index is 502. The minimum atomic E-state index is -0.409. The summed E-state index contributed by atoms with van der Waals surface area (Å²) in [6, 6.07) is 3.30. The smallest absolute Gasteiger partial charge is 0.338 e. The van der Waals surface area contributed by atoms with Crippen LogP contribution in [-0.4, -0.2) is 38.3 Å². The summed E-state index contributed by atoms with van der Waals surface area (Å²) in [4.78, 5) is 11.6. The molecule has 6 nitrogen and oxygen atoms in total. The zero-order valence-electron chi connectivity index (χ0n) is 12.0. The van der Waals surface area contributed by atoms with Gasteiger partial charge in [0.25, 0.3) is 0 Å². The van der Waals surface area contributed by atoms with Gasteiger partial charge in [0.15, 0.2) is 0 Å². The zero-order valence-corrected chi connectivity index (χ0v) is 14.2. The molecule has 0 aromatic heterocycles. The molecule has 0 atom stereocenters. The molecule has 20 heavy (non-hydrogen) atoms. The average molecular weight is 391 g/mol. The third-order valence-corrected chi connectivity index (χ3v) is 3.49. The predicted octanol–water partition coefficient (Wildman–Crippen LogP) is 3.43. The van der Waals surface area contributed by atoms with Gasteiger partial charge in [0.2, 0.25) is 0 Å². The van der Waals surface area contributed by atoms with Gasteiger partial charge in [-0.05, 0) is 48.6 Å². The normalized spacial score (nSPS) is 10.7. The lowest BCUT2D eigenvalue weighted by molar-refractivity contribution is 0.0600. The quantitative estimate of drug-likeness (QED) is 0.323. The van der Waals surface area contributed by atoms with Crippen LogP contribution in [0.4, 0.5) is 5.69 Å². The number of ether oxygens (including phenoxy) is 2. The van der Waals surface area contributed by atoms with Crippen molar-refractivity contribution in [2.45, 2.75) is 13.8 Å². The van der Waals surface area contributed by atoms with Gasteiger partial charge in [0.05, 0.1) is 19.8 Å². The fourth-order valence-electron chi connectivity index (χ4n) is 1.52. The van der Waals surface area contributed by atoms with Crippen LogP contribution in [0.5, 0.6) is 5.75 Å². The largest absolute Gasteiger partial charge is 0.494 e. The van der Waals surface area contributed by atoms with Crippen molar-refractivity contribution in [1.29, 1.82) is 0 Å². The molecule has 0 saturated heterocycles. The fourth-order valence-corrected chi connectivity index (χ4v) is 2.23. The lowest BCUT2D eigenvalue weighted by atomic mass is 10.2. The Hall–Kier alpha value is -1.38. The van der Waals surface area contributed by atoms with Crippen molar-refractivity contribution in [3.05, 3.63) is 21.3 Å². The number of methoxy groups -OCH3 is 2. The van der Waals surface area contributed by atoms with Crippen LogP contribution in [0.1, 0.15) is 24.2 Å². The van der Waals surface area contributed by atoms with Gasteiger partial charge in [-0.3, -0.25) is 5.01 Å². The van der Waals surface area contributed by atoms with Crippen molar-refractivity contribution in [2.75, 3.05) is 27.3 Å². The number of carbonyl (C=O) groups excluding carboxylic acids is 1. The number of halogens is 1. The molecule has 0 N–H and O–H groups in total. The molecular formula is C13H18IN3O3. The first-order valence-corrected chi connectivity index (χ1v) is 7.27. The van der Waals surface area contributed by atoms with E-state index < -0.39 is 5.97 Å². The molecule has 1 aromatic carbocycles. The molecule has 0 amide bonds. The maximum Gasteiger partial charge on any atom is 0.338 e. The summed E-state index contributed by atoms with van der Waals surface area (Å²) in [5.41, 5.74) is 1.03. The third kappa shape index (κ3) is 4.06. The molecule has 0 aliphatic heterocycles. The second kappa shape index (κ2) is 8.03. The number of rotatable bonds is 6. The monoisotopic (exact) mass is 391 g/mol. The maximum atomic E-state index is 11.6. The van der Waals surface area contributed by atoms with Crippen molar-refractivity contribution >= 4 is 34.2 Å². The molecule has 0 radical (unpaired) electrons. The van der Waals surface area contributed by atoms with Crippen LogP contribution in [0.15, 0.2) is 22.5 Å². The molecule has 1 rings (SSSR count). The standard InChI is InChI=1S/C13H18IN3O3/c1-5-17(6-2)16-15-12-10(14)7-9(13(18)20-4)8-11(12)19-3/h7-8H,5-6H2,1-4H3/b16-15+. The van der Waals surface area contributed by atoms with Crippen LogP contribution in [0.25, 0.3) is 0 Å². The first kappa shape index (κ1) is 16.7. The maximum absolute atomic E-state index is 11.6. The van der Waals surface area contributed by atoms with Crippen LogP contribution >= 0.6 is 22.6 Å². The molecule has 0 aliphatic carbocycles. The highest BCUT2D eigenvalue weighted by molar-refractivity contribution is 14.1. The highest BCUT2D eigenvalue weighted by atomic mass is 127. The number of nitrogens with zero attached hydrogens (tertiary/aromatic N) is 3. The first-order valence-electron chi connectivity index (χ1n) is 6.19. The molecule has 7 heteroatoms. The number of esters is 1. The molecule has 0 saturated carbocycles. The van der Waals surface area contributed by atoms with Gasteiger partial charge < -0.3 is 9.47 Å². The summed E-state index contributed by atoms with van der Waals surface area (Å²) >= 11 is 2.10. The highest BCUT2D eigenvalue weighted by Gasteiger charge is 2.14. The summed E-state index contributed by atoms with van der Waals surface area (Å²) in [5.74, 6) is 0.0849. The van der Waals surface area contributed by atoms with E-state index in [-0.39, 0.29) is 0 Å². The summed E-state index contributed by atoms with van der Waals surface area (Å²) in [7, 11) is 2.87. The molecule has 0 heterocycles. The van der Waals surface area contributed by atoms with Crippen molar-refractivity contribution in [2.24, 2.45) is 10.3 Å². The predicted molar refractivity (Wildman–Crippen MR) is 84.5 cm³/mol. The minimum Gasteiger partial charge on any atom is -0.494 e. The van der Waals surface area contributed by atoms with Crippen molar-refractivity contribution in [1.82, 2.24) is 5.01 Å². The van der Waals surface area contributed by atoms with E-state index in [0.29, 0.717) is 17.0 Å². The molecule has 0 fully saturated rings. The summed E-state index contributed by atoms with van der Waals surface area (Å²) in [5, 5.41) is 10.2. The van der Waals surface area contributed by atoms with Crippen molar-refractivity contribution < 1.29 is 14.3 Å². The van der Waals surface area contributed by atoms with Gasteiger partial charge in [-0.1, -0.05) is 5.22 Å². The van der Waals surface area contributed by atoms with Crippen molar-refractivity contribution in [3.63, 3.8) is 0 Å². The number of carbonyl (C=O) groups is 1. The number of hydrogen-bond donors (Lipinski definition) is 0. The first-order chi connectivity index (χ1) is 9.57. The van der Waals surface area contributed by atoms with Gasteiger partial charge in [0, 0.05) is 16.7 Å². The fraction of sp³-hybridized carbons (Fsp3) is 0.462. The molecule has 0 unspecified atom stereocenters. The summed E-state index contributed by atoms with van der Waals surface area (Å²) in [6.07, 6.45) is 0. The van der Waals surface area contributed by atoms with E-state index in [1.807, 2.05) is 18.9 Å². The highest BCUT2D eigenvalue weighted by Crippen LogP contribution is 2.34.